The largest absolute Gasteiger partial charge is 0.493 e. The van der Waals surface area contributed by atoms with Crippen molar-refractivity contribution in [3.63, 3.8) is 0 Å². The highest BCUT2D eigenvalue weighted by molar-refractivity contribution is 5.88. The van der Waals surface area contributed by atoms with Crippen molar-refractivity contribution < 1.29 is 48.3 Å². The molecule has 34 heavy (non-hydrogen) atoms. The maximum Gasteiger partial charge on any atom is 0.333 e. The first-order valence-electron chi connectivity index (χ1n) is 10.2. The second kappa shape index (κ2) is 14.5. The molecule has 0 aliphatic carbocycles. The molecule has 0 radical (unpaired) electrons. The van der Waals surface area contributed by atoms with E-state index in [1.165, 1.54) is 27.0 Å². The van der Waals surface area contributed by atoms with E-state index in [9.17, 15) is 24.6 Å². The summed E-state index contributed by atoms with van der Waals surface area (Å²) in [5.74, 6) is -1.36. The van der Waals surface area contributed by atoms with Gasteiger partial charge in [0, 0.05) is 17.2 Å². The van der Waals surface area contributed by atoms with Crippen LogP contribution in [0.5, 0.6) is 11.5 Å². The first-order chi connectivity index (χ1) is 16.1. The molecule has 2 atom stereocenters. The number of esters is 3. The van der Waals surface area contributed by atoms with E-state index >= 15 is 0 Å². The van der Waals surface area contributed by atoms with Gasteiger partial charge < -0.3 is 33.9 Å². The van der Waals surface area contributed by atoms with Gasteiger partial charge in [-0.1, -0.05) is 19.2 Å². The zero-order chi connectivity index (χ0) is 25.7. The lowest BCUT2D eigenvalue weighted by molar-refractivity contribution is -0.147. The van der Waals surface area contributed by atoms with Crippen LogP contribution in [-0.4, -0.2) is 73.9 Å². The number of carbonyl (C=O) groups excluding carboxylic acids is 3. The van der Waals surface area contributed by atoms with E-state index < -0.39 is 36.7 Å². The monoisotopic (exact) mass is 478 g/mol. The number of methoxy groups -OCH3 is 1. The molecule has 0 aromatic heterocycles. The van der Waals surface area contributed by atoms with Crippen molar-refractivity contribution in [2.45, 2.75) is 26.1 Å². The Hall–Kier alpha value is -3.63. The molecule has 1 rings (SSSR count). The SMILES string of the molecule is C=C(C)C(=O)OCC(O)COC(=O)/C=C/c1ccc(OC(CO)COC(=O)C(=C)C)c(OC)c1. The summed E-state index contributed by atoms with van der Waals surface area (Å²) in [5.41, 5.74) is 0.994. The van der Waals surface area contributed by atoms with Crippen LogP contribution in [0.4, 0.5) is 0 Å². The fourth-order valence-electron chi connectivity index (χ4n) is 2.21. The van der Waals surface area contributed by atoms with Gasteiger partial charge in [0.2, 0.25) is 0 Å². The van der Waals surface area contributed by atoms with Crippen molar-refractivity contribution in [3.8, 4) is 11.5 Å². The highest BCUT2D eigenvalue weighted by Crippen LogP contribution is 2.29. The molecule has 0 aliphatic rings. The van der Waals surface area contributed by atoms with Crippen LogP contribution in [0.3, 0.4) is 0 Å². The lowest BCUT2D eigenvalue weighted by Crippen LogP contribution is -2.28. The van der Waals surface area contributed by atoms with E-state index in [4.69, 9.17) is 23.7 Å². The van der Waals surface area contributed by atoms with Crippen molar-refractivity contribution in [1.29, 1.82) is 0 Å². The average molecular weight is 478 g/mol. The van der Waals surface area contributed by atoms with E-state index in [1.807, 2.05) is 0 Å². The number of hydrogen-bond donors (Lipinski definition) is 2. The van der Waals surface area contributed by atoms with Gasteiger partial charge in [-0.25, -0.2) is 14.4 Å². The third-order valence-electron chi connectivity index (χ3n) is 4.02. The lowest BCUT2D eigenvalue weighted by atomic mass is 10.2. The summed E-state index contributed by atoms with van der Waals surface area (Å²) in [6.07, 6.45) is 0.608. The van der Waals surface area contributed by atoms with E-state index in [2.05, 4.69) is 13.2 Å². The third-order valence-corrected chi connectivity index (χ3v) is 4.02. The second-order valence-electron chi connectivity index (χ2n) is 7.21. The molecule has 0 aliphatic heterocycles. The van der Waals surface area contributed by atoms with E-state index in [0.29, 0.717) is 17.1 Å². The maximum absolute atomic E-state index is 11.9. The van der Waals surface area contributed by atoms with Crippen LogP contribution in [0.2, 0.25) is 0 Å². The summed E-state index contributed by atoms with van der Waals surface area (Å²) < 4.78 is 25.6. The number of aliphatic hydroxyl groups excluding tert-OH is 2. The Labute approximate surface area is 198 Å². The van der Waals surface area contributed by atoms with E-state index in [0.717, 1.165) is 6.08 Å². The molecule has 0 spiro atoms. The quantitative estimate of drug-likeness (QED) is 0.230. The molecule has 0 heterocycles. The molecule has 0 bridgehead atoms. The van der Waals surface area contributed by atoms with Gasteiger partial charge in [0.25, 0.3) is 0 Å². The van der Waals surface area contributed by atoms with Gasteiger partial charge >= 0.3 is 17.9 Å². The highest BCUT2D eigenvalue weighted by atomic mass is 16.6. The molecule has 0 saturated heterocycles. The topological polar surface area (TPSA) is 138 Å². The second-order valence-corrected chi connectivity index (χ2v) is 7.21. The minimum atomic E-state index is -1.17. The molecule has 1 aromatic rings. The predicted molar refractivity (Wildman–Crippen MR) is 122 cm³/mol. The molecule has 0 saturated carbocycles. The molecule has 1 aromatic carbocycles. The Morgan fingerprint density at radius 2 is 1.56 bits per heavy atom. The van der Waals surface area contributed by atoms with Gasteiger partial charge in [0.15, 0.2) is 17.6 Å². The summed E-state index contributed by atoms with van der Waals surface area (Å²) in [4.78, 5) is 34.7. The molecular weight excluding hydrogens is 448 g/mol. The highest BCUT2D eigenvalue weighted by Gasteiger charge is 2.16. The summed E-state index contributed by atoms with van der Waals surface area (Å²) in [6, 6.07) is 4.77. The van der Waals surface area contributed by atoms with Gasteiger partial charge in [-0.05, 0) is 37.6 Å². The number of rotatable bonds is 14. The van der Waals surface area contributed by atoms with E-state index in [-0.39, 0.29) is 31.0 Å². The van der Waals surface area contributed by atoms with Crippen LogP contribution in [0.15, 0.2) is 48.6 Å². The zero-order valence-corrected chi connectivity index (χ0v) is 19.4. The van der Waals surface area contributed by atoms with Gasteiger partial charge in [0.05, 0.1) is 13.7 Å². The van der Waals surface area contributed by atoms with Crippen molar-refractivity contribution in [3.05, 3.63) is 54.1 Å². The van der Waals surface area contributed by atoms with Gasteiger partial charge in [-0.2, -0.15) is 0 Å². The average Bonchev–Trinajstić information content (AvgIpc) is 2.82. The van der Waals surface area contributed by atoms with Gasteiger partial charge in [-0.3, -0.25) is 0 Å². The van der Waals surface area contributed by atoms with Crippen molar-refractivity contribution >= 4 is 24.0 Å². The van der Waals surface area contributed by atoms with Crippen molar-refractivity contribution in [2.75, 3.05) is 33.5 Å². The molecule has 0 fully saturated rings. The van der Waals surface area contributed by atoms with Crippen LogP contribution >= 0.6 is 0 Å². The van der Waals surface area contributed by atoms with Crippen LogP contribution < -0.4 is 9.47 Å². The number of aliphatic hydroxyl groups is 2. The van der Waals surface area contributed by atoms with Crippen LogP contribution in [0.25, 0.3) is 6.08 Å². The molecule has 0 amide bonds. The summed E-state index contributed by atoms with van der Waals surface area (Å²) >= 11 is 0. The Balaban J connectivity index is 2.64. The van der Waals surface area contributed by atoms with Gasteiger partial charge in [0.1, 0.15) is 25.9 Å². The Kier molecular flexibility index (Phi) is 12.1. The van der Waals surface area contributed by atoms with Crippen LogP contribution in [0.1, 0.15) is 19.4 Å². The smallest absolute Gasteiger partial charge is 0.333 e. The first-order valence-corrected chi connectivity index (χ1v) is 10.2. The molecule has 10 nitrogen and oxygen atoms in total. The summed E-state index contributed by atoms with van der Waals surface area (Å²) in [7, 11) is 1.42. The molecule has 186 valence electrons. The maximum atomic E-state index is 11.9. The van der Waals surface area contributed by atoms with Gasteiger partial charge in [-0.15, -0.1) is 0 Å². The standard InChI is InChI=1S/C24H30O10/c1-15(2)23(28)32-13-18(26)12-31-22(27)9-7-17-6-8-20(21(10-17)30-5)34-19(11-25)14-33-24(29)16(3)4/h6-10,18-19,25-26H,1,3,11-14H2,2,4-5H3/b9-7+. The molecule has 2 N–H and O–H groups in total. The number of ether oxygens (including phenoxy) is 5. The molecule has 10 heteroatoms. The number of hydrogen-bond acceptors (Lipinski definition) is 10. The molecular formula is C24H30O10. The van der Waals surface area contributed by atoms with Crippen LogP contribution in [-0.2, 0) is 28.6 Å². The third kappa shape index (κ3) is 10.3. The first kappa shape index (κ1) is 28.4. The fraction of sp³-hybridized carbons (Fsp3) is 0.375. The zero-order valence-electron chi connectivity index (χ0n) is 19.4. The Bertz CT molecular complexity index is 918. The van der Waals surface area contributed by atoms with E-state index in [1.54, 1.807) is 18.2 Å². The molecule has 2 unspecified atom stereocenters. The Morgan fingerprint density at radius 1 is 0.971 bits per heavy atom. The number of benzene rings is 1. The summed E-state index contributed by atoms with van der Waals surface area (Å²) in [6.45, 7) is 8.60. The fourth-order valence-corrected chi connectivity index (χ4v) is 2.21. The normalized spacial score (nSPS) is 12.4. The minimum absolute atomic E-state index is 0.183. The van der Waals surface area contributed by atoms with Crippen molar-refractivity contribution in [1.82, 2.24) is 0 Å². The number of carbonyl (C=O) groups is 3. The predicted octanol–water partition coefficient (Wildman–Crippen LogP) is 1.59. The lowest BCUT2D eigenvalue weighted by Gasteiger charge is -2.19. The summed E-state index contributed by atoms with van der Waals surface area (Å²) in [5, 5.41) is 19.2. The minimum Gasteiger partial charge on any atom is -0.493 e. The Morgan fingerprint density at radius 3 is 2.12 bits per heavy atom. The van der Waals surface area contributed by atoms with Crippen molar-refractivity contribution in [2.24, 2.45) is 0 Å². The van der Waals surface area contributed by atoms with Crippen LogP contribution in [0, 0.1) is 0 Å².